The van der Waals surface area contributed by atoms with Crippen LogP contribution in [0.25, 0.3) is 0 Å². The van der Waals surface area contributed by atoms with Gasteiger partial charge in [-0.15, -0.1) is 0 Å². The zero-order valence-electron chi connectivity index (χ0n) is 6.21. The maximum atomic E-state index is 8.50. The fourth-order valence-corrected chi connectivity index (χ4v) is 2.74. The van der Waals surface area contributed by atoms with Crippen LogP contribution in [-0.4, -0.2) is 0 Å². The van der Waals surface area contributed by atoms with Gasteiger partial charge in [-0.3, -0.25) is 0 Å². The van der Waals surface area contributed by atoms with E-state index in [1.807, 2.05) is 0 Å². The van der Waals surface area contributed by atoms with E-state index in [1.165, 1.54) is 25.7 Å². The van der Waals surface area contributed by atoms with E-state index in [1.54, 1.807) is 0 Å². The Hall–Kier alpha value is -0.510. The zero-order chi connectivity index (χ0) is 6.97. The summed E-state index contributed by atoms with van der Waals surface area (Å²) < 4.78 is 0. The van der Waals surface area contributed by atoms with Gasteiger partial charge in [-0.25, -0.2) is 0 Å². The second kappa shape index (κ2) is 2.27. The number of nitriles is 1. The molecule has 3 atom stereocenters. The highest BCUT2D eigenvalue weighted by atomic mass is 14.4. The lowest BCUT2D eigenvalue weighted by Gasteiger charge is -2.17. The molecular weight excluding hydrogens is 122 g/mol. The average molecular weight is 135 g/mol. The predicted octanol–water partition coefficient (Wildman–Crippen LogP) is 2.34. The van der Waals surface area contributed by atoms with Gasteiger partial charge in [0.05, 0.1) is 6.07 Å². The van der Waals surface area contributed by atoms with Gasteiger partial charge in [0, 0.05) is 6.42 Å². The first kappa shape index (κ1) is 6.22. The summed E-state index contributed by atoms with van der Waals surface area (Å²) in [6, 6.07) is 2.29. The Morgan fingerprint density at radius 3 is 2.70 bits per heavy atom. The number of hydrogen-bond donors (Lipinski definition) is 0. The minimum absolute atomic E-state index is 0.781. The molecule has 0 heterocycles. The standard InChI is InChI=1S/C9H13N/c10-4-3-9-6-7-1-2-8(9)5-7/h7-9H,1-3,5-6H2/t7-,8-,9+/m0/s1. The molecule has 0 aromatic carbocycles. The van der Waals surface area contributed by atoms with E-state index in [0.29, 0.717) is 0 Å². The normalized spacial score (nSPS) is 43.7. The molecule has 0 N–H and O–H groups in total. The summed E-state index contributed by atoms with van der Waals surface area (Å²) in [5.74, 6) is 2.72. The predicted molar refractivity (Wildman–Crippen MR) is 39.2 cm³/mol. The Labute approximate surface area is 62.0 Å². The first-order chi connectivity index (χ1) is 4.90. The maximum absolute atomic E-state index is 8.50. The molecule has 0 aromatic rings. The van der Waals surface area contributed by atoms with E-state index < -0.39 is 0 Å². The molecule has 0 radical (unpaired) electrons. The zero-order valence-corrected chi connectivity index (χ0v) is 6.21. The van der Waals surface area contributed by atoms with E-state index in [2.05, 4.69) is 6.07 Å². The van der Waals surface area contributed by atoms with E-state index in [0.717, 1.165) is 24.2 Å². The lowest BCUT2D eigenvalue weighted by molar-refractivity contribution is 0.339. The molecule has 0 aromatic heterocycles. The second-order valence-electron chi connectivity index (χ2n) is 3.80. The summed E-state index contributed by atoms with van der Waals surface area (Å²) in [5.41, 5.74) is 0. The molecule has 2 fully saturated rings. The van der Waals surface area contributed by atoms with Crippen molar-refractivity contribution in [2.45, 2.75) is 32.1 Å². The van der Waals surface area contributed by atoms with Crippen LogP contribution in [0.4, 0.5) is 0 Å². The third-order valence-electron chi connectivity index (χ3n) is 3.24. The molecule has 1 nitrogen and oxygen atoms in total. The van der Waals surface area contributed by atoms with Crippen LogP contribution < -0.4 is 0 Å². The summed E-state index contributed by atoms with van der Waals surface area (Å²) in [5, 5.41) is 8.50. The van der Waals surface area contributed by atoms with Gasteiger partial charge in [0.2, 0.25) is 0 Å². The summed E-state index contributed by atoms with van der Waals surface area (Å²) in [6.07, 6.45) is 6.48. The maximum Gasteiger partial charge on any atom is 0.0624 e. The topological polar surface area (TPSA) is 23.8 Å². The van der Waals surface area contributed by atoms with Crippen LogP contribution >= 0.6 is 0 Å². The van der Waals surface area contributed by atoms with E-state index >= 15 is 0 Å². The van der Waals surface area contributed by atoms with Crippen molar-refractivity contribution in [2.24, 2.45) is 17.8 Å². The highest BCUT2D eigenvalue weighted by Crippen LogP contribution is 2.49. The SMILES string of the molecule is N#CC[C@@H]1C[C@H]2CC[C@H]1C2. The smallest absolute Gasteiger partial charge is 0.0624 e. The molecule has 0 saturated heterocycles. The van der Waals surface area contributed by atoms with Crippen molar-refractivity contribution < 1.29 is 0 Å². The lowest BCUT2D eigenvalue weighted by Crippen LogP contribution is -2.08. The Bertz CT molecular complexity index is 168. The fraction of sp³-hybridized carbons (Fsp3) is 0.889. The van der Waals surface area contributed by atoms with E-state index in [-0.39, 0.29) is 0 Å². The molecule has 0 amide bonds. The third-order valence-corrected chi connectivity index (χ3v) is 3.24. The monoisotopic (exact) mass is 135 g/mol. The van der Waals surface area contributed by atoms with E-state index in [9.17, 15) is 0 Å². The van der Waals surface area contributed by atoms with Gasteiger partial charge in [-0.1, -0.05) is 6.42 Å². The Morgan fingerprint density at radius 1 is 1.30 bits per heavy atom. The van der Waals surface area contributed by atoms with Gasteiger partial charge in [0.25, 0.3) is 0 Å². The second-order valence-corrected chi connectivity index (χ2v) is 3.80. The number of rotatable bonds is 1. The van der Waals surface area contributed by atoms with Crippen LogP contribution in [0.15, 0.2) is 0 Å². The Morgan fingerprint density at radius 2 is 2.20 bits per heavy atom. The average Bonchev–Trinajstić information content (AvgIpc) is 2.48. The number of nitrogens with zero attached hydrogens (tertiary/aromatic N) is 1. The van der Waals surface area contributed by atoms with Crippen molar-refractivity contribution in [3.63, 3.8) is 0 Å². The van der Waals surface area contributed by atoms with Gasteiger partial charge >= 0.3 is 0 Å². The minimum atomic E-state index is 0.781. The van der Waals surface area contributed by atoms with Crippen molar-refractivity contribution in [2.75, 3.05) is 0 Å². The molecule has 2 aliphatic carbocycles. The first-order valence-corrected chi connectivity index (χ1v) is 4.27. The Kier molecular flexibility index (Phi) is 1.41. The minimum Gasteiger partial charge on any atom is -0.198 e. The molecule has 2 rings (SSSR count). The molecule has 1 heteroatoms. The molecule has 10 heavy (non-hydrogen) atoms. The van der Waals surface area contributed by atoms with Crippen molar-refractivity contribution in [1.82, 2.24) is 0 Å². The van der Waals surface area contributed by atoms with Crippen LogP contribution in [0.5, 0.6) is 0 Å². The van der Waals surface area contributed by atoms with Crippen LogP contribution in [0.3, 0.4) is 0 Å². The number of fused-ring (bicyclic) bond motifs is 2. The molecule has 0 aliphatic heterocycles. The van der Waals surface area contributed by atoms with Gasteiger partial charge in [-0.2, -0.15) is 5.26 Å². The molecule has 2 aliphatic rings. The van der Waals surface area contributed by atoms with Crippen molar-refractivity contribution in [3.8, 4) is 6.07 Å². The van der Waals surface area contributed by atoms with Crippen LogP contribution in [0.1, 0.15) is 32.1 Å². The van der Waals surface area contributed by atoms with Crippen molar-refractivity contribution in [3.05, 3.63) is 0 Å². The number of hydrogen-bond acceptors (Lipinski definition) is 1. The molecule has 54 valence electrons. The third kappa shape index (κ3) is 0.831. The summed E-state index contributed by atoms with van der Waals surface area (Å²) >= 11 is 0. The lowest BCUT2D eigenvalue weighted by atomic mass is 9.87. The highest BCUT2D eigenvalue weighted by molar-refractivity contribution is 4.93. The van der Waals surface area contributed by atoms with Gasteiger partial charge < -0.3 is 0 Å². The van der Waals surface area contributed by atoms with Crippen LogP contribution in [0.2, 0.25) is 0 Å². The van der Waals surface area contributed by atoms with Crippen molar-refractivity contribution >= 4 is 0 Å². The summed E-state index contributed by atoms with van der Waals surface area (Å²) in [6.45, 7) is 0. The molecule has 0 spiro atoms. The fourth-order valence-electron chi connectivity index (χ4n) is 2.74. The summed E-state index contributed by atoms with van der Waals surface area (Å²) in [4.78, 5) is 0. The molecular formula is C9H13N. The molecule has 0 unspecified atom stereocenters. The van der Waals surface area contributed by atoms with Gasteiger partial charge in [0.1, 0.15) is 0 Å². The highest BCUT2D eigenvalue weighted by Gasteiger charge is 2.38. The first-order valence-electron chi connectivity index (χ1n) is 4.27. The largest absolute Gasteiger partial charge is 0.198 e. The molecule has 2 saturated carbocycles. The van der Waals surface area contributed by atoms with Gasteiger partial charge in [-0.05, 0) is 37.0 Å². The summed E-state index contributed by atoms with van der Waals surface area (Å²) in [7, 11) is 0. The Balaban J connectivity index is 1.97. The molecule has 2 bridgehead atoms. The van der Waals surface area contributed by atoms with Crippen LogP contribution in [-0.2, 0) is 0 Å². The van der Waals surface area contributed by atoms with Crippen molar-refractivity contribution in [1.29, 1.82) is 5.26 Å². The van der Waals surface area contributed by atoms with Crippen LogP contribution in [0, 0.1) is 29.1 Å². The quantitative estimate of drug-likeness (QED) is 0.541. The van der Waals surface area contributed by atoms with Gasteiger partial charge in [0.15, 0.2) is 0 Å². The van der Waals surface area contributed by atoms with E-state index in [4.69, 9.17) is 5.26 Å².